The number of allylic oxidation sites excluding steroid dienone is 3. The molecule has 0 spiro atoms. The number of hydrogen-bond acceptors (Lipinski definition) is 12. The lowest BCUT2D eigenvalue weighted by Gasteiger charge is -2.18. The van der Waals surface area contributed by atoms with Crippen molar-refractivity contribution < 1.29 is 62.7 Å². The van der Waals surface area contributed by atoms with Crippen molar-refractivity contribution in [2.24, 2.45) is 0 Å². The molecule has 488 valence electrons. The number of carboxylic acid groups (broad SMARTS) is 1. The highest BCUT2D eigenvalue weighted by Gasteiger charge is 2.22. The van der Waals surface area contributed by atoms with Crippen molar-refractivity contribution in [3.05, 3.63) is 126 Å². The molecule has 0 bridgehead atoms. The van der Waals surface area contributed by atoms with Gasteiger partial charge in [-0.3, -0.25) is 14.4 Å². The van der Waals surface area contributed by atoms with Crippen LogP contribution >= 0.6 is 0 Å². The van der Waals surface area contributed by atoms with E-state index in [4.69, 9.17) is 23.7 Å². The van der Waals surface area contributed by atoms with Gasteiger partial charge < -0.3 is 33.9 Å². The zero-order valence-electron chi connectivity index (χ0n) is 54.1. The third-order valence-electron chi connectivity index (χ3n) is 15.7. The molecular formula is C75H110O13. The van der Waals surface area contributed by atoms with Crippen LogP contribution in [0.25, 0.3) is 0 Å². The van der Waals surface area contributed by atoms with E-state index in [-0.39, 0.29) is 83.5 Å². The third-order valence-corrected chi connectivity index (χ3v) is 15.7. The van der Waals surface area contributed by atoms with Gasteiger partial charge in [0.2, 0.25) is 0 Å². The van der Waals surface area contributed by atoms with E-state index in [1.165, 1.54) is 31.4 Å². The van der Waals surface area contributed by atoms with Crippen molar-refractivity contribution in [2.75, 3.05) is 0 Å². The summed E-state index contributed by atoms with van der Waals surface area (Å²) in [7, 11) is 0. The van der Waals surface area contributed by atoms with E-state index < -0.39 is 23.9 Å². The van der Waals surface area contributed by atoms with Gasteiger partial charge in [-0.1, -0.05) is 216 Å². The van der Waals surface area contributed by atoms with Gasteiger partial charge in [0, 0.05) is 32.1 Å². The van der Waals surface area contributed by atoms with E-state index in [9.17, 15) is 39.0 Å². The second kappa shape index (κ2) is 50.5. The first-order chi connectivity index (χ1) is 42.9. The Bertz CT molecular complexity index is 2470. The van der Waals surface area contributed by atoms with E-state index in [1.54, 1.807) is 60.7 Å². The molecule has 0 saturated heterocycles. The highest BCUT2D eigenvalue weighted by Crippen LogP contribution is 2.26. The summed E-state index contributed by atoms with van der Waals surface area (Å²) in [6.07, 6.45) is 46.9. The number of para-hydroxylation sites is 3. The largest absolute Gasteiger partial charge is 0.478 e. The van der Waals surface area contributed by atoms with E-state index in [0.717, 1.165) is 186 Å². The maximum Gasteiger partial charge on any atom is 0.342 e. The number of rotatable bonds is 53. The molecule has 2 N–H and O–H groups in total. The smallest absolute Gasteiger partial charge is 0.342 e. The van der Waals surface area contributed by atoms with Crippen LogP contribution in [-0.4, -0.2) is 64.3 Å². The summed E-state index contributed by atoms with van der Waals surface area (Å²) in [6, 6.07) is 19.7. The van der Waals surface area contributed by atoms with Gasteiger partial charge >= 0.3 is 35.8 Å². The van der Waals surface area contributed by atoms with Crippen LogP contribution in [0, 0.1) is 0 Å². The van der Waals surface area contributed by atoms with Crippen molar-refractivity contribution >= 4 is 35.8 Å². The Morgan fingerprint density at radius 1 is 0.364 bits per heavy atom. The SMILES string of the molecule is CCCCCCC(O)CC=CCCCCCCCC(=O)Oc1ccccc1C(=O)OC(CC=CCCCCCCCC(=O)Oc1ccccc1C(=O)OC(CC=CCCCCCCCC(=O)Oc1ccccc1C(=O)O)CCCCCC)CCCCCC. The summed E-state index contributed by atoms with van der Waals surface area (Å²) >= 11 is 0. The molecule has 3 rings (SSSR count). The number of hydrogen-bond donors (Lipinski definition) is 2. The number of carbonyl (C=O) groups excluding carboxylic acids is 5. The number of carboxylic acids is 1. The minimum atomic E-state index is -1.14. The molecule has 0 amide bonds. The summed E-state index contributed by atoms with van der Waals surface area (Å²) in [6.45, 7) is 6.53. The highest BCUT2D eigenvalue weighted by molar-refractivity contribution is 5.94. The molecule has 3 atom stereocenters. The van der Waals surface area contributed by atoms with Gasteiger partial charge in [0.15, 0.2) is 0 Å². The first kappa shape index (κ1) is 75.9. The zero-order valence-corrected chi connectivity index (χ0v) is 54.1. The van der Waals surface area contributed by atoms with Gasteiger partial charge in [-0.25, -0.2) is 14.4 Å². The van der Waals surface area contributed by atoms with Crippen LogP contribution < -0.4 is 14.2 Å². The molecule has 0 aliphatic carbocycles. The van der Waals surface area contributed by atoms with Crippen molar-refractivity contribution in [1.82, 2.24) is 0 Å². The fraction of sp³-hybridized carbons (Fsp3) is 0.600. The Morgan fingerprint density at radius 2 is 0.670 bits per heavy atom. The molecule has 0 heterocycles. The molecule has 3 unspecified atom stereocenters. The first-order valence-electron chi connectivity index (χ1n) is 34.1. The van der Waals surface area contributed by atoms with Crippen molar-refractivity contribution in [3.8, 4) is 17.2 Å². The monoisotopic (exact) mass is 1220 g/mol. The van der Waals surface area contributed by atoms with Gasteiger partial charge in [0.25, 0.3) is 0 Å². The van der Waals surface area contributed by atoms with Crippen LogP contribution in [0.3, 0.4) is 0 Å². The number of aromatic carboxylic acids is 1. The average molecular weight is 1220 g/mol. The molecule has 0 aromatic heterocycles. The van der Waals surface area contributed by atoms with Crippen molar-refractivity contribution in [3.63, 3.8) is 0 Å². The summed E-state index contributed by atoms with van der Waals surface area (Å²) in [5.74, 6) is -2.79. The van der Waals surface area contributed by atoms with Crippen LogP contribution in [0.2, 0.25) is 0 Å². The number of carbonyl (C=O) groups is 6. The molecule has 13 heteroatoms. The van der Waals surface area contributed by atoms with Gasteiger partial charge in [-0.15, -0.1) is 0 Å². The molecule has 0 aliphatic heterocycles. The average Bonchev–Trinajstić information content (AvgIpc) is 3.23. The molecule has 88 heavy (non-hydrogen) atoms. The van der Waals surface area contributed by atoms with Gasteiger partial charge in [0.1, 0.15) is 46.1 Å². The Hall–Kier alpha value is -6.34. The standard InChI is InChI=1S/C75H110O13/c1-4-7-10-31-46-61(76)47-32-25-19-13-16-22-29-38-59-71(78)87-68-56-44-41-53-65(68)74(82)85-63(49-34-12-9-6-3)51-36-27-21-15-18-24-30-39-60-72(79)88-69-57-45-42-54-66(69)75(83)84-62(48-33-11-8-5-2)50-35-26-20-14-17-23-28-37-58-70(77)86-67-55-43-40-52-64(67)73(80)81/h25-27,32,35-36,40-45,52-57,61-63,76H,4-24,28-31,33-34,37-39,46-51,58-60H2,1-3H3,(H,80,81). The number of unbranched alkanes of at least 4 members (excludes halogenated alkanes) is 24. The fourth-order valence-corrected chi connectivity index (χ4v) is 10.4. The zero-order chi connectivity index (χ0) is 63.5. The number of aliphatic hydroxyl groups is 1. The summed E-state index contributed by atoms with van der Waals surface area (Å²) < 4.78 is 28.9. The molecule has 3 aromatic carbocycles. The Balaban J connectivity index is 1.33. The van der Waals surface area contributed by atoms with Gasteiger partial charge in [0.05, 0.1) is 6.10 Å². The maximum atomic E-state index is 13.6. The quantitative estimate of drug-likeness (QED) is 0.0235. The summed E-state index contributed by atoms with van der Waals surface area (Å²) in [5.41, 5.74) is 0.458. The van der Waals surface area contributed by atoms with E-state index in [0.29, 0.717) is 25.7 Å². The molecule has 0 fully saturated rings. The summed E-state index contributed by atoms with van der Waals surface area (Å²) in [5, 5.41) is 19.5. The number of aliphatic hydroxyl groups excluding tert-OH is 1. The van der Waals surface area contributed by atoms with Crippen molar-refractivity contribution in [2.45, 2.75) is 289 Å². The predicted molar refractivity (Wildman–Crippen MR) is 352 cm³/mol. The lowest BCUT2D eigenvalue weighted by Crippen LogP contribution is -2.19. The minimum absolute atomic E-state index is 0.0337. The molecule has 0 saturated carbocycles. The highest BCUT2D eigenvalue weighted by atomic mass is 16.6. The minimum Gasteiger partial charge on any atom is -0.478 e. The molecule has 13 nitrogen and oxygen atoms in total. The third kappa shape index (κ3) is 36.8. The molecule has 0 aliphatic rings. The fourth-order valence-electron chi connectivity index (χ4n) is 10.4. The number of benzene rings is 3. The number of ether oxygens (including phenoxy) is 5. The number of esters is 5. The van der Waals surface area contributed by atoms with Crippen molar-refractivity contribution in [1.29, 1.82) is 0 Å². The predicted octanol–water partition coefficient (Wildman–Crippen LogP) is 19.9. The van der Waals surface area contributed by atoms with Crippen LogP contribution in [-0.2, 0) is 23.9 Å². The lowest BCUT2D eigenvalue weighted by atomic mass is 10.1. The normalized spacial score (nSPS) is 12.5. The lowest BCUT2D eigenvalue weighted by molar-refractivity contribution is -0.135. The van der Waals surface area contributed by atoms with Crippen LogP contribution in [0.5, 0.6) is 17.2 Å². The van der Waals surface area contributed by atoms with E-state index in [2.05, 4.69) is 57.2 Å². The van der Waals surface area contributed by atoms with Gasteiger partial charge in [-0.05, 0) is 133 Å². The van der Waals surface area contributed by atoms with Crippen LogP contribution in [0.15, 0.2) is 109 Å². The maximum absolute atomic E-state index is 13.6. The second-order valence-electron chi connectivity index (χ2n) is 23.5. The topological polar surface area (TPSA) is 189 Å². The Morgan fingerprint density at radius 3 is 1.05 bits per heavy atom. The molecule has 0 radical (unpaired) electrons. The first-order valence-corrected chi connectivity index (χ1v) is 34.1. The summed E-state index contributed by atoms with van der Waals surface area (Å²) in [4.78, 5) is 76.8. The Labute approximate surface area is 528 Å². The van der Waals surface area contributed by atoms with Gasteiger partial charge in [-0.2, -0.15) is 0 Å². The van der Waals surface area contributed by atoms with E-state index >= 15 is 0 Å². The van der Waals surface area contributed by atoms with Crippen LogP contribution in [0.4, 0.5) is 0 Å². The van der Waals surface area contributed by atoms with Crippen LogP contribution in [0.1, 0.15) is 302 Å². The second-order valence-corrected chi connectivity index (χ2v) is 23.5. The van der Waals surface area contributed by atoms with E-state index in [1.807, 2.05) is 0 Å². The Kier molecular flexibility index (Phi) is 43.6. The molecule has 3 aromatic rings. The molecular weight excluding hydrogens is 1110 g/mol.